The highest BCUT2D eigenvalue weighted by molar-refractivity contribution is 8.19. The Bertz CT molecular complexity index is 683. The number of rotatable bonds is 1. The van der Waals surface area contributed by atoms with E-state index in [1.165, 1.54) is 31.2 Å². The third kappa shape index (κ3) is 2.21. The van der Waals surface area contributed by atoms with Crippen LogP contribution in [0, 0.1) is 0 Å². The Kier molecular flexibility index (Phi) is 4.05. The molecule has 0 bridgehead atoms. The van der Waals surface area contributed by atoms with Crippen molar-refractivity contribution in [3.05, 3.63) is 35.9 Å². The van der Waals surface area contributed by atoms with Crippen molar-refractivity contribution in [2.45, 2.75) is 91.7 Å². The molecule has 1 aliphatic carbocycles. The van der Waals surface area contributed by atoms with E-state index in [2.05, 4.69) is 74.7 Å². The Morgan fingerprint density at radius 2 is 1.77 bits per heavy atom. The Morgan fingerprint density at radius 3 is 2.50 bits per heavy atom. The number of hydrogen-bond acceptors (Lipinski definition) is 5. The zero-order valence-corrected chi connectivity index (χ0v) is 17.7. The van der Waals surface area contributed by atoms with Gasteiger partial charge in [0.2, 0.25) is 5.06 Å². The van der Waals surface area contributed by atoms with E-state index in [0.717, 1.165) is 0 Å². The first-order chi connectivity index (χ1) is 12.4. The Hall–Kier alpha value is -0.200. The molecule has 26 heavy (non-hydrogen) atoms. The molecule has 142 valence electrons. The zero-order chi connectivity index (χ0) is 18.2. The van der Waals surface area contributed by atoms with Gasteiger partial charge in [0.15, 0.2) is 4.27 Å². The normalized spacial score (nSPS) is 47.2. The minimum Gasteiger partial charge on any atom is -0.348 e. The van der Waals surface area contributed by atoms with Gasteiger partial charge in [0.05, 0.1) is 17.7 Å². The molecule has 0 radical (unpaired) electrons. The first-order valence-electron chi connectivity index (χ1n) is 9.98. The van der Waals surface area contributed by atoms with Crippen LogP contribution in [0.25, 0.3) is 0 Å². The average molecular weight is 392 g/mol. The fourth-order valence-electron chi connectivity index (χ4n) is 5.30. The van der Waals surface area contributed by atoms with Gasteiger partial charge in [0.25, 0.3) is 0 Å². The minimum absolute atomic E-state index is 0.111. The Balaban J connectivity index is 1.61. The van der Waals surface area contributed by atoms with Crippen molar-refractivity contribution in [1.82, 2.24) is 4.90 Å². The number of thioether (sulfide) groups is 2. The molecule has 3 aliphatic heterocycles. The highest BCUT2D eigenvalue weighted by Gasteiger charge is 2.75. The van der Waals surface area contributed by atoms with Crippen LogP contribution in [0.2, 0.25) is 0 Å². The third-order valence-electron chi connectivity index (χ3n) is 6.77. The van der Waals surface area contributed by atoms with Gasteiger partial charge in [-0.05, 0) is 40.5 Å². The second kappa shape index (κ2) is 5.90. The standard InChI is InChI=1S/C21H29NO2S2/c1-14-15(2)23-20(16-10-6-5-7-11-16)22(14)19(3,4)21(26-20)24-17-12-8-9-13-18(17)25-21/h5-7,10-11,14-15,17-18H,8-9,12-13H2,1-4H3/t14-,15+,17-,18-,20+,21-/m1/s1. The molecule has 0 amide bonds. The van der Waals surface area contributed by atoms with Crippen molar-refractivity contribution in [2.24, 2.45) is 0 Å². The largest absolute Gasteiger partial charge is 0.348 e. The number of hydrogen-bond donors (Lipinski definition) is 0. The van der Waals surface area contributed by atoms with Gasteiger partial charge in [-0.15, -0.1) is 11.8 Å². The van der Waals surface area contributed by atoms with Gasteiger partial charge in [0, 0.05) is 16.9 Å². The SMILES string of the molecule is C[C@@H]1O[C@@]2(c3ccccc3)S[C@@]3(O[C@@H]4CCCC[C@H]4S3)C(C)(C)N2[C@@H]1C. The van der Waals surface area contributed by atoms with Crippen molar-refractivity contribution >= 4 is 23.5 Å². The van der Waals surface area contributed by atoms with Crippen molar-refractivity contribution in [3.63, 3.8) is 0 Å². The maximum absolute atomic E-state index is 6.90. The molecule has 0 unspecified atom stereocenters. The molecule has 5 rings (SSSR count). The van der Waals surface area contributed by atoms with Gasteiger partial charge in [-0.2, -0.15) is 0 Å². The van der Waals surface area contributed by atoms with Crippen LogP contribution in [-0.4, -0.2) is 38.2 Å². The van der Waals surface area contributed by atoms with E-state index in [0.29, 0.717) is 17.4 Å². The highest BCUT2D eigenvalue weighted by atomic mass is 32.2. The predicted octanol–water partition coefficient (Wildman–Crippen LogP) is 5.16. The molecule has 0 N–H and O–H groups in total. The second-order valence-electron chi connectivity index (χ2n) is 8.70. The summed E-state index contributed by atoms with van der Waals surface area (Å²) < 4.78 is 13.4. The molecule has 1 aromatic carbocycles. The quantitative estimate of drug-likeness (QED) is 0.657. The molecule has 4 aliphatic rings. The van der Waals surface area contributed by atoms with Gasteiger partial charge in [-0.1, -0.05) is 54.9 Å². The number of ether oxygens (including phenoxy) is 2. The molecule has 5 heteroatoms. The van der Waals surface area contributed by atoms with Crippen LogP contribution in [0.5, 0.6) is 0 Å². The molecule has 3 heterocycles. The summed E-state index contributed by atoms with van der Waals surface area (Å²) in [5.41, 5.74) is 1.13. The van der Waals surface area contributed by atoms with E-state index >= 15 is 0 Å². The van der Waals surface area contributed by atoms with E-state index in [1.54, 1.807) is 0 Å². The van der Waals surface area contributed by atoms with Crippen LogP contribution in [-0.2, 0) is 14.5 Å². The molecule has 0 aromatic heterocycles. The first-order valence-corrected chi connectivity index (χ1v) is 11.7. The maximum atomic E-state index is 6.90. The summed E-state index contributed by atoms with van der Waals surface area (Å²) >= 11 is 4.00. The monoisotopic (exact) mass is 391 g/mol. The maximum Gasteiger partial charge on any atom is 0.201 e. The molecule has 1 spiro atoms. The lowest BCUT2D eigenvalue weighted by atomic mass is 9.96. The van der Waals surface area contributed by atoms with Crippen LogP contribution < -0.4 is 0 Å². The van der Waals surface area contributed by atoms with Gasteiger partial charge in [0.1, 0.15) is 0 Å². The van der Waals surface area contributed by atoms with E-state index in [4.69, 9.17) is 9.47 Å². The number of benzene rings is 1. The van der Waals surface area contributed by atoms with Gasteiger partial charge in [-0.3, -0.25) is 0 Å². The topological polar surface area (TPSA) is 21.7 Å². The average Bonchev–Trinajstić information content (AvgIpc) is 3.18. The fourth-order valence-corrected chi connectivity index (χ4v) is 9.63. The van der Waals surface area contributed by atoms with Crippen molar-refractivity contribution in [3.8, 4) is 0 Å². The summed E-state index contributed by atoms with van der Waals surface area (Å²) in [6.07, 6.45) is 5.76. The van der Waals surface area contributed by atoms with Crippen molar-refractivity contribution < 1.29 is 9.47 Å². The van der Waals surface area contributed by atoms with Crippen LogP contribution in [0.4, 0.5) is 0 Å². The molecule has 1 aromatic rings. The summed E-state index contributed by atoms with van der Waals surface area (Å²) in [6, 6.07) is 11.1. The van der Waals surface area contributed by atoms with E-state index in [-0.39, 0.29) is 15.9 Å². The lowest BCUT2D eigenvalue weighted by Crippen LogP contribution is -2.56. The van der Waals surface area contributed by atoms with Crippen LogP contribution in [0.3, 0.4) is 0 Å². The third-order valence-corrected chi connectivity index (χ3v) is 10.7. The van der Waals surface area contributed by atoms with Crippen LogP contribution in [0.15, 0.2) is 30.3 Å². The summed E-state index contributed by atoms with van der Waals surface area (Å²) in [6.45, 7) is 9.25. The van der Waals surface area contributed by atoms with Gasteiger partial charge < -0.3 is 9.47 Å². The molecular weight excluding hydrogens is 362 g/mol. The molecular formula is C21H29NO2S2. The molecule has 3 nitrogen and oxygen atoms in total. The number of nitrogens with zero attached hydrogens (tertiary/aromatic N) is 1. The van der Waals surface area contributed by atoms with Gasteiger partial charge >= 0.3 is 0 Å². The van der Waals surface area contributed by atoms with Gasteiger partial charge in [-0.25, -0.2) is 4.90 Å². The smallest absolute Gasteiger partial charge is 0.201 e. The molecule has 3 saturated heterocycles. The Labute approximate surface area is 165 Å². The van der Waals surface area contributed by atoms with E-state index < -0.39 is 5.06 Å². The lowest BCUT2D eigenvalue weighted by molar-refractivity contribution is -0.0890. The molecule has 4 fully saturated rings. The Morgan fingerprint density at radius 1 is 1.04 bits per heavy atom. The van der Waals surface area contributed by atoms with Crippen molar-refractivity contribution in [2.75, 3.05) is 0 Å². The minimum atomic E-state index is -0.454. The summed E-state index contributed by atoms with van der Waals surface area (Å²) in [5.74, 6) is 0. The number of fused-ring (bicyclic) bond motifs is 2. The molecule has 1 saturated carbocycles. The fraction of sp³-hybridized carbons (Fsp3) is 0.714. The summed E-state index contributed by atoms with van der Waals surface area (Å²) in [5, 5.41) is 0.181. The van der Waals surface area contributed by atoms with E-state index in [9.17, 15) is 0 Å². The first kappa shape index (κ1) is 17.9. The second-order valence-corrected chi connectivity index (χ2v) is 11.7. The predicted molar refractivity (Wildman–Crippen MR) is 109 cm³/mol. The van der Waals surface area contributed by atoms with Crippen LogP contribution >= 0.6 is 23.5 Å². The summed E-state index contributed by atoms with van der Waals surface area (Å²) in [7, 11) is 0. The zero-order valence-electron chi connectivity index (χ0n) is 16.1. The van der Waals surface area contributed by atoms with Crippen molar-refractivity contribution in [1.29, 1.82) is 0 Å². The lowest BCUT2D eigenvalue weighted by Gasteiger charge is -2.42. The highest BCUT2D eigenvalue weighted by Crippen LogP contribution is 2.73. The van der Waals surface area contributed by atoms with E-state index in [1.807, 2.05) is 11.8 Å². The summed E-state index contributed by atoms with van der Waals surface area (Å²) in [4.78, 5) is 2.61. The molecule has 6 atom stereocenters. The van der Waals surface area contributed by atoms with Crippen LogP contribution in [0.1, 0.15) is 58.9 Å².